The molecule has 0 N–H and O–H groups in total. The number of nitrogens with zero attached hydrogens (tertiary/aromatic N) is 2. The predicted molar refractivity (Wildman–Crippen MR) is 249 cm³/mol. The summed E-state index contributed by atoms with van der Waals surface area (Å²) in [5.74, 6) is 0. The Labute approximate surface area is 346 Å². The third-order valence-corrected chi connectivity index (χ3v) is 11.8. The summed E-state index contributed by atoms with van der Waals surface area (Å²) < 4.78 is 15.8. The molecule has 0 fully saturated rings. The fourth-order valence-corrected chi connectivity index (χ4v) is 8.99. The molecule has 12 aromatic rings. The Morgan fingerprint density at radius 2 is 0.883 bits per heavy atom. The molecule has 0 atom stereocenters. The molecule has 0 bridgehead atoms. The minimum Gasteiger partial charge on any atom is -0.454 e. The van der Waals surface area contributed by atoms with Crippen LogP contribution in [0.4, 0.5) is 17.1 Å². The highest BCUT2D eigenvalue weighted by atomic mass is 16.3. The Morgan fingerprint density at radius 1 is 0.350 bits per heavy atom. The Hall–Kier alpha value is -8.08. The van der Waals surface area contributed by atoms with Gasteiger partial charge in [0.1, 0.15) is 11.2 Å². The number of rotatable bonds is 7. The molecule has 0 saturated carbocycles. The van der Waals surface area contributed by atoms with Crippen LogP contribution in [0.25, 0.3) is 94.0 Å². The van der Waals surface area contributed by atoms with Crippen molar-refractivity contribution in [1.82, 2.24) is 4.57 Å². The van der Waals surface area contributed by atoms with Gasteiger partial charge < -0.3 is 13.7 Å². The van der Waals surface area contributed by atoms with Crippen LogP contribution in [-0.2, 0) is 0 Å². The lowest BCUT2D eigenvalue weighted by atomic mass is 10.00. The molecule has 0 saturated heterocycles. The molecule has 0 aliphatic heterocycles. The van der Waals surface area contributed by atoms with Crippen molar-refractivity contribution in [2.45, 2.75) is 0 Å². The number of fused-ring (bicyclic) bond motifs is 8. The number of hydrogen-bond acceptors (Lipinski definition) is 3. The van der Waals surface area contributed by atoms with E-state index in [-0.39, 0.29) is 0 Å². The maximum absolute atomic E-state index is 6.92. The summed E-state index contributed by atoms with van der Waals surface area (Å²) in [6, 6.07) is 77.1. The molecule has 282 valence electrons. The van der Waals surface area contributed by atoms with Crippen molar-refractivity contribution >= 4 is 72.0 Å². The second kappa shape index (κ2) is 13.8. The summed E-state index contributed by atoms with van der Waals surface area (Å²) in [6.45, 7) is 0. The number of aromatic nitrogens is 1. The zero-order valence-corrected chi connectivity index (χ0v) is 32.5. The van der Waals surface area contributed by atoms with Crippen LogP contribution in [0.15, 0.2) is 227 Å². The van der Waals surface area contributed by atoms with Crippen molar-refractivity contribution in [2.75, 3.05) is 4.90 Å². The van der Waals surface area contributed by atoms with Crippen molar-refractivity contribution in [2.24, 2.45) is 0 Å². The first kappa shape index (κ1) is 34.0. The number of anilines is 3. The van der Waals surface area contributed by atoms with E-state index in [1.807, 2.05) is 18.2 Å². The van der Waals surface area contributed by atoms with E-state index in [1.54, 1.807) is 0 Å². The third-order valence-electron chi connectivity index (χ3n) is 11.8. The average molecular weight is 769 g/mol. The minimum atomic E-state index is 0.849. The van der Waals surface area contributed by atoms with E-state index in [1.165, 1.54) is 22.1 Å². The van der Waals surface area contributed by atoms with E-state index in [9.17, 15) is 0 Å². The molecule has 60 heavy (non-hydrogen) atoms. The van der Waals surface area contributed by atoms with E-state index in [0.29, 0.717) is 0 Å². The third kappa shape index (κ3) is 5.46. The predicted octanol–water partition coefficient (Wildman–Crippen LogP) is 15.9. The van der Waals surface area contributed by atoms with Crippen molar-refractivity contribution in [3.8, 4) is 39.1 Å². The van der Waals surface area contributed by atoms with Crippen LogP contribution in [0.5, 0.6) is 0 Å². The number of furan rings is 2. The molecule has 0 amide bonds. The van der Waals surface area contributed by atoms with Crippen LogP contribution in [0.1, 0.15) is 0 Å². The monoisotopic (exact) mass is 768 g/mol. The maximum Gasteiger partial charge on any atom is 0.213 e. The largest absolute Gasteiger partial charge is 0.454 e. The number of para-hydroxylation sites is 5. The lowest BCUT2D eigenvalue weighted by Gasteiger charge is -2.26. The molecule has 0 unspecified atom stereocenters. The van der Waals surface area contributed by atoms with Crippen molar-refractivity contribution < 1.29 is 8.83 Å². The van der Waals surface area contributed by atoms with Crippen molar-refractivity contribution in [3.05, 3.63) is 218 Å². The molecule has 3 aromatic heterocycles. The zero-order valence-electron chi connectivity index (χ0n) is 32.5. The van der Waals surface area contributed by atoms with Crippen molar-refractivity contribution in [3.63, 3.8) is 0 Å². The van der Waals surface area contributed by atoms with Crippen molar-refractivity contribution in [1.29, 1.82) is 0 Å². The van der Waals surface area contributed by atoms with Gasteiger partial charge in [-0.15, -0.1) is 0 Å². The first-order chi connectivity index (χ1) is 29.8. The zero-order chi connectivity index (χ0) is 39.6. The SMILES string of the molecule is c1ccc(-c2ccc(-c3ccc(N(c4ccc(-c5cccc6c5oc5c6c6ccccc6n5-c5ccccc5)cc4)c4cccc5c4oc4ccccc45)cc3)cc2)cc1. The number of hydrogen-bond donors (Lipinski definition) is 0. The summed E-state index contributed by atoms with van der Waals surface area (Å²) >= 11 is 0. The molecule has 12 rings (SSSR count). The number of benzene rings is 9. The summed E-state index contributed by atoms with van der Waals surface area (Å²) in [5, 5.41) is 5.59. The second-order valence-corrected chi connectivity index (χ2v) is 15.3. The van der Waals surface area contributed by atoms with Gasteiger partial charge in [0.2, 0.25) is 5.71 Å². The lowest BCUT2D eigenvalue weighted by Crippen LogP contribution is -2.10. The highest BCUT2D eigenvalue weighted by Gasteiger charge is 2.23. The van der Waals surface area contributed by atoms with Gasteiger partial charge in [0.05, 0.1) is 16.6 Å². The van der Waals surface area contributed by atoms with Crippen LogP contribution >= 0.6 is 0 Å². The molecule has 4 heteroatoms. The van der Waals surface area contributed by atoms with Gasteiger partial charge in [0.15, 0.2) is 5.58 Å². The van der Waals surface area contributed by atoms with Crippen LogP contribution < -0.4 is 4.90 Å². The molecule has 0 aliphatic rings. The molecule has 0 spiro atoms. The summed E-state index contributed by atoms with van der Waals surface area (Å²) in [6.07, 6.45) is 0. The van der Waals surface area contributed by atoms with Gasteiger partial charge in [-0.05, 0) is 82.4 Å². The first-order valence-electron chi connectivity index (χ1n) is 20.3. The van der Waals surface area contributed by atoms with Crippen LogP contribution in [0.3, 0.4) is 0 Å². The topological polar surface area (TPSA) is 34.5 Å². The Balaban J connectivity index is 0.969. The Morgan fingerprint density at radius 3 is 1.60 bits per heavy atom. The van der Waals surface area contributed by atoms with Crippen LogP contribution in [0.2, 0.25) is 0 Å². The standard InChI is InChI=1S/C56H36N2O2/c1-3-13-37(14-4-1)38-25-27-39(28-26-38)40-29-33-43(34-30-40)57(51-23-12-20-47-46-17-8-10-24-52(46)59-55(47)51)44-35-31-41(32-36-44)45-19-11-21-49-53-48-18-7-9-22-50(48)58(56(53)60-54(45)49)42-15-5-2-6-16-42/h1-36H. The van der Waals surface area contributed by atoms with E-state index < -0.39 is 0 Å². The smallest absolute Gasteiger partial charge is 0.213 e. The molecule has 0 radical (unpaired) electrons. The van der Waals surface area contributed by atoms with Gasteiger partial charge in [0.25, 0.3) is 0 Å². The van der Waals surface area contributed by atoms with E-state index in [4.69, 9.17) is 8.83 Å². The minimum absolute atomic E-state index is 0.849. The summed E-state index contributed by atoms with van der Waals surface area (Å²) in [5.41, 5.74) is 15.5. The highest BCUT2D eigenvalue weighted by Crippen LogP contribution is 2.45. The van der Waals surface area contributed by atoms with Crippen LogP contribution in [0, 0.1) is 0 Å². The molecular formula is C56H36N2O2. The second-order valence-electron chi connectivity index (χ2n) is 15.3. The lowest BCUT2D eigenvalue weighted by molar-refractivity contribution is 0.646. The Kier molecular flexibility index (Phi) is 7.82. The first-order valence-corrected chi connectivity index (χ1v) is 20.3. The van der Waals surface area contributed by atoms with Gasteiger partial charge in [-0.2, -0.15) is 0 Å². The quantitative estimate of drug-likeness (QED) is 0.162. The summed E-state index contributed by atoms with van der Waals surface area (Å²) in [4.78, 5) is 2.30. The molecular weight excluding hydrogens is 733 g/mol. The van der Waals surface area contributed by atoms with Gasteiger partial charge in [-0.25, -0.2) is 0 Å². The molecule has 9 aromatic carbocycles. The molecule has 4 nitrogen and oxygen atoms in total. The highest BCUT2D eigenvalue weighted by molar-refractivity contribution is 6.21. The van der Waals surface area contributed by atoms with E-state index in [2.05, 4.69) is 210 Å². The molecule has 0 aliphatic carbocycles. The summed E-state index contributed by atoms with van der Waals surface area (Å²) in [7, 11) is 0. The Bertz CT molecular complexity index is 3500. The normalized spacial score (nSPS) is 11.7. The van der Waals surface area contributed by atoms with E-state index in [0.717, 1.165) is 89.0 Å². The molecule has 3 heterocycles. The van der Waals surface area contributed by atoms with Gasteiger partial charge in [-0.3, -0.25) is 4.57 Å². The average Bonchev–Trinajstić information content (AvgIpc) is 4.00. The van der Waals surface area contributed by atoms with Gasteiger partial charge >= 0.3 is 0 Å². The maximum atomic E-state index is 6.92. The van der Waals surface area contributed by atoms with E-state index >= 15 is 0 Å². The fraction of sp³-hybridized carbons (Fsp3) is 0. The van der Waals surface area contributed by atoms with Gasteiger partial charge in [-0.1, -0.05) is 164 Å². The fourth-order valence-electron chi connectivity index (χ4n) is 8.99. The van der Waals surface area contributed by atoms with Gasteiger partial charge in [0, 0.05) is 44.2 Å². The van der Waals surface area contributed by atoms with Crippen LogP contribution in [-0.4, -0.2) is 4.57 Å².